The lowest BCUT2D eigenvalue weighted by atomic mass is 9.84. The third-order valence-electron chi connectivity index (χ3n) is 3.99. The predicted molar refractivity (Wildman–Crippen MR) is 66.6 cm³/mol. The van der Waals surface area contributed by atoms with Crippen molar-refractivity contribution in [3.63, 3.8) is 0 Å². The summed E-state index contributed by atoms with van der Waals surface area (Å²) in [5.41, 5.74) is 6.04. The van der Waals surface area contributed by atoms with Crippen molar-refractivity contribution in [3.05, 3.63) is 0 Å². The Hall–Kier alpha value is -0.810. The van der Waals surface area contributed by atoms with Crippen LogP contribution < -0.4 is 16.4 Å². The number of fused-ring (bicyclic) bond motifs is 2. The van der Waals surface area contributed by atoms with E-state index in [1.165, 1.54) is 0 Å². The first-order valence-corrected chi connectivity index (χ1v) is 5.87. The molecule has 2 aliphatic carbocycles. The molecule has 0 spiro atoms. The maximum Gasteiger partial charge on any atom is 0.239 e. The lowest BCUT2D eigenvalue weighted by Gasteiger charge is -2.26. The maximum absolute atomic E-state index is 11.9. The summed E-state index contributed by atoms with van der Waals surface area (Å²) in [5.74, 6) is 0.641. The van der Waals surface area contributed by atoms with E-state index < -0.39 is 0 Å². The molecule has 0 saturated heterocycles. The van der Waals surface area contributed by atoms with Gasteiger partial charge < -0.3 is 16.4 Å². The van der Waals surface area contributed by atoms with Gasteiger partial charge in [-0.2, -0.15) is 0 Å². The first kappa shape index (κ1) is 14.3. The molecule has 2 bridgehead atoms. The van der Waals surface area contributed by atoms with Gasteiger partial charge in [-0.15, -0.1) is 12.4 Å². The zero-order valence-corrected chi connectivity index (χ0v) is 10.8. The van der Waals surface area contributed by atoms with Crippen LogP contribution in [0.15, 0.2) is 0 Å². The molecule has 2 rings (SSSR count). The van der Waals surface area contributed by atoms with Gasteiger partial charge in [-0.05, 0) is 31.1 Å². The molecule has 4 unspecified atom stereocenters. The molecule has 0 aromatic rings. The van der Waals surface area contributed by atoms with E-state index in [9.17, 15) is 9.59 Å². The molecule has 2 saturated carbocycles. The summed E-state index contributed by atoms with van der Waals surface area (Å²) in [5, 5.41) is 5.13. The molecule has 17 heavy (non-hydrogen) atoms. The molecule has 0 heterocycles. The van der Waals surface area contributed by atoms with Crippen LogP contribution in [0.1, 0.15) is 19.3 Å². The molecule has 0 aliphatic heterocycles. The second kappa shape index (κ2) is 5.69. The highest BCUT2D eigenvalue weighted by molar-refractivity contribution is 5.86. The van der Waals surface area contributed by atoms with Crippen LogP contribution in [0.25, 0.3) is 0 Å². The van der Waals surface area contributed by atoms with Gasteiger partial charge in [0.15, 0.2) is 0 Å². The maximum atomic E-state index is 11.9. The van der Waals surface area contributed by atoms with Gasteiger partial charge >= 0.3 is 0 Å². The molecule has 6 heteroatoms. The Morgan fingerprint density at radius 2 is 1.94 bits per heavy atom. The van der Waals surface area contributed by atoms with Crippen LogP contribution in [0.3, 0.4) is 0 Å². The molecule has 0 aromatic heterocycles. The number of carbonyl (C=O) groups is 2. The number of rotatable bonds is 3. The first-order chi connectivity index (χ1) is 7.63. The number of hydrogen-bond donors (Lipinski definition) is 3. The molecule has 4 N–H and O–H groups in total. The van der Waals surface area contributed by atoms with E-state index in [4.69, 9.17) is 5.73 Å². The van der Waals surface area contributed by atoms with Crippen molar-refractivity contribution in [1.82, 2.24) is 10.6 Å². The zero-order chi connectivity index (χ0) is 11.7. The Morgan fingerprint density at radius 3 is 2.47 bits per heavy atom. The summed E-state index contributed by atoms with van der Waals surface area (Å²) in [7, 11) is 1.55. The monoisotopic (exact) mass is 261 g/mol. The molecule has 4 atom stereocenters. The number of hydrogen-bond acceptors (Lipinski definition) is 3. The van der Waals surface area contributed by atoms with Gasteiger partial charge in [0.05, 0.1) is 12.5 Å². The van der Waals surface area contributed by atoms with Crippen molar-refractivity contribution < 1.29 is 9.59 Å². The van der Waals surface area contributed by atoms with Crippen molar-refractivity contribution in [3.8, 4) is 0 Å². The average Bonchev–Trinajstić information content (AvgIpc) is 2.85. The zero-order valence-electron chi connectivity index (χ0n) is 9.94. The number of amides is 2. The third-order valence-corrected chi connectivity index (χ3v) is 3.99. The minimum atomic E-state index is -0.176. The number of nitrogens with two attached hydrogens (primary N) is 1. The lowest BCUT2D eigenvalue weighted by Crippen LogP contribution is -2.47. The third kappa shape index (κ3) is 2.72. The molecule has 5 nitrogen and oxygen atoms in total. The van der Waals surface area contributed by atoms with E-state index in [2.05, 4.69) is 10.6 Å². The van der Waals surface area contributed by atoms with Gasteiger partial charge in [-0.3, -0.25) is 9.59 Å². The average molecular weight is 262 g/mol. The lowest BCUT2D eigenvalue weighted by molar-refractivity contribution is -0.130. The molecule has 2 amide bonds. The second-order valence-electron chi connectivity index (χ2n) is 4.83. The number of likely N-dealkylation sites (N-methyl/N-ethyl adjacent to an activating group) is 1. The summed E-state index contributed by atoms with van der Waals surface area (Å²) >= 11 is 0. The van der Waals surface area contributed by atoms with Crippen molar-refractivity contribution in [2.45, 2.75) is 25.3 Å². The van der Waals surface area contributed by atoms with Gasteiger partial charge in [0, 0.05) is 13.1 Å². The summed E-state index contributed by atoms with van der Waals surface area (Å²) in [6.45, 7) is 0.0515. The molecule has 98 valence electrons. The normalized spacial score (nSPS) is 34.0. The second-order valence-corrected chi connectivity index (χ2v) is 4.83. The van der Waals surface area contributed by atoms with E-state index in [1.54, 1.807) is 7.05 Å². The molecule has 2 aliphatic rings. The smallest absolute Gasteiger partial charge is 0.239 e. The number of carbonyl (C=O) groups excluding carboxylic acids is 2. The fourth-order valence-corrected chi connectivity index (χ4v) is 3.10. The summed E-state index contributed by atoms with van der Waals surface area (Å²) in [6, 6.07) is -0.0107. The van der Waals surface area contributed by atoms with E-state index in [0.29, 0.717) is 11.8 Å². The van der Waals surface area contributed by atoms with E-state index >= 15 is 0 Å². The van der Waals surface area contributed by atoms with Gasteiger partial charge in [-0.25, -0.2) is 0 Å². The van der Waals surface area contributed by atoms with Crippen molar-refractivity contribution in [2.75, 3.05) is 13.6 Å². The molecular weight excluding hydrogens is 242 g/mol. The Morgan fingerprint density at radius 1 is 1.29 bits per heavy atom. The van der Waals surface area contributed by atoms with Crippen LogP contribution in [0.5, 0.6) is 0 Å². The van der Waals surface area contributed by atoms with Gasteiger partial charge in [0.25, 0.3) is 0 Å². The van der Waals surface area contributed by atoms with Gasteiger partial charge in [0.1, 0.15) is 0 Å². The van der Waals surface area contributed by atoms with E-state index in [0.717, 1.165) is 19.3 Å². The quantitative estimate of drug-likeness (QED) is 0.649. The van der Waals surface area contributed by atoms with Crippen molar-refractivity contribution in [2.24, 2.45) is 23.5 Å². The van der Waals surface area contributed by atoms with Crippen LogP contribution in [-0.4, -0.2) is 31.4 Å². The Bertz CT molecular complexity index is 309. The number of halogens is 1. The minimum Gasteiger partial charge on any atom is -0.358 e. The molecule has 0 radical (unpaired) electrons. The summed E-state index contributed by atoms with van der Waals surface area (Å²) in [4.78, 5) is 22.9. The van der Waals surface area contributed by atoms with Crippen LogP contribution in [-0.2, 0) is 9.59 Å². The fourth-order valence-electron chi connectivity index (χ4n) is 3.10. The fraction of sp³-hybridized carbons (Fsp3) is 0.818. The predicted octanol–water partition coefficient (Wildman–Crippen LogP) is -0.356. The van der Waals surface area contributed by atoms with Crippen LogP contribution in [0, 0.1) is 17.8 Å². The molecular formula is C11H20ClN3O2. The SMILES string of the molecule is CNC(=O)CNC(=O)C1C2CCC(C2)C1N.Cl. The standard InChI is InChI=1S/C11H19N3O2.ClH/c1-13-8(15)5-14-11(16)9-6-2-3-7(4-6)10(9)12;/h6-7,9-10H,2-5,12H2,1H3,(H,13,15)(H,14,16);1H. The van der Waals surface area contributed by atoms with Crippen LogP contribution >= 0.6 is 12.4 Å². The van der Waals surface area contributed by atoms with E-state index in [-0.39, 0.29) is 42.7 Å². The number of nitrogens with one attached hydrogen (secondary N) is 2. The summed E-state index contributed by atoms with van der Waals surface area (Å²) < 4.78 is 0. The molecule has 2 fully saturated rings. The van der Waals surface area contributed by atoms with Crippen molar-refractivity contribution in [1.29, 1.82) is 0 Å². The van der Waals surface area contributed by atoms with E-state index in [1.807, 2.05) is 0 Å². The summed E-state index contributed by atoms with van der Waals surface area (Å²) in [6.07, 6.45) is 3.35. The highest BCUT2D eigenvalue weighted by Crippen LogP contribution is 2.47. The van der Waals surface area contributed by atoms with Crippen LogP contribution in [0.4, 0.5) is 0 Å². The van der Waals surface area contributed by atoms with Gasteiger partial charge in [0.2, 0.25) is 11.8 Å². The minimum absolute atomic E-state index is 0. The Balaban J connectivity index is 0.00000144. The Kier molecular flexibility index (Phi) is 4.77. The highest BCUT2D eigenvalue weighted by atomic mass is 35.5. The molecule has 0 aromatic carbocycles. The van der Waals surface area contributed by atoms with Gasteiger partial charge in [-0.1, -0.05) is 0 Å². The first-order valence-electron chi connectivity index (χ1n) is 5.87. The van der Waals surface area contributed by atoms with Crippen LogP contribution in [0.2, 0.25) is 0 Å². The largest absolute Gasteiger partial charge is 0.358 e. The highest BCUT2D eigenvalue weighted by Gasteiger charge is 2.48. The topological polar surface area (TPSA) is 84.2 Å². The Labute approximate surface area is 107 Å². The van der Waals surface area contributed by atoms with Crippen molar-refractivity contribution >= 4 is 24.2 Å².